The number of amides is 1. The van der Waals surface area contributed by atoms with Gasteiger partial charge in [0.15, 0.2) is 0 Å². The van der Waals surface area contributed by atoms with Gasteiger partial charge in [-0.2, -0.15) is 11.8 Å². The van der Waals surface area contributed by atoms with Crippen molar-refractivity contribution in [3.05, 3.63) is 82.2 Å². The normalized spacial score (nSPS) is 16.8. The van der Waals surface area contributed by atoms with E-state index in [0.29, 0.717) is 35.5 Å². The Bertz CT molecular complexity index is 989. The number of aryl methyl sites for hydroxylation is 1. The molecule has 1 aliphatic carbocycles. The van der Waals surface area contributed by atoms with E-state index >= 15 is 0 Å². The van der Waals surface area contributed by atoms with Crippen LogP contribution in [0.4, 0.5) is 0 Å². The number of fused-ring (bicyclic) bond motifs is 1. The third-order valence-corrected chi connectivity index (χ3v) is 5.92. The number of benzene rings is 2. The second-order valence-corrected chi connectivity index (χ2v) is 8.07. The molecule has 0 bridgehead atoms. The van der Waals surface area contributed by atoms with Gasteiger partial charge in [0.05, 0.1) is 0 Å². The average molecular weight is 392 g/mol. The Hall–Kier alpha value is -2.86. The molecule has 0 radical (unpaired) electrons. The third-order valence-electron chi connectivity index (χ3n) is 4.97. The van der Waals surface area contributed by atoms with E-state index in [1.165, 1.54) is 0 Å². The molecule has 0 aromatic heterocycles. The van der Waals surface area contributed by atoms with Crippen LogP contribution in [-0.4, -0.2) is 47.0 Å². The molecule has 142 valence electrons. The Morgan fingerprint density at radius 1 is 0.929 bits per heavy atom. The predicted octanol–water partition coefficient (Wildman–Crippen LogP) is 3.06. The standard InChI is InChI=1S/C22H20N2O3S/c1-14-6-8-15(9-7-14)22(27)23-18-19(24-10-12-28-13-11-24)21(26)17-5-3-2-4-16(17)20(18)25/h2-9H,10-13H2,1H3,(H,23,27). The number of nitrogens with zero attached hydrogens (tertiary/aromatic N) is 1. The van der Waals surface area contributed by atoms with Crippen LogP contribution in [0.5, 0.6) is 0 Å². The molecule has 6 heteroatoms. The van der Waals surface area contributed by atoms with Crippen molar-refractivity contribution in [1.82, 2.24) is 10.2 Å². The van der Waals surface area contributed by atoms with Crippen molar-refractivity contribution < 1.29 is 14.4 Å². The van der Waals surface area contributed by atoms with Crippen molar-refractivity contribution in [1.29, 1.82) is 0 Å². The van der Waals surface area contributed by atoms with E-state index in [1.54, 1.807) is 36.4 Å². The van der Waals surface area contributed by atoms with Gasteiger partial charge in [0.1, 0.15) is 11.4 Å². The Morgan fingerprint density at radius 3 is 2.18 bits per heavy atom. The first-order valence-corrected chi connectivity index (χ1v) is 10.3. The number of rotatable bonds is 3. The van der Waals surface area contributed by atoms with Crippen LogP contribution in [0, 0.1) is 6.92 Å². The Kier molecular flexibility index (Phi) is 5.05. The summed E-state index contributed by atoms with van der Waals surface area (Å²) in [6, 6.07) is 13.9. The van der Waals surface area contributed by atoms with Gasteiger partial charge in [0, 0.05) is 41.3 Å². The number of carbonyl (C=O) groups excluding carboxylic acids is 3. The van der Waals surface area contributed by atoms with Crippen LogP contribution in [0.2, 0.25) is 0 Å². The lowest BCUT2D eigenvalue weighted by molar-refractivity contribution is 0.0903. The van der Waals surface area contributed by atoms with E-state index in [1.807, 2.05) is 35.7 Å². The van der Waals surface area contributed by atoms with Crippen molar-refractivity contribution in [2.45, 2.75) is 6.92 Å². The zero-order valence-electron chi connectivity index (χ0n) is 15.5. The van der Waals surface area contributed by atoms with E-state index in [2.05, 4.69) is 5.32 Å². The number of hydrogen-bond acceptors (Lipinski definition) is 5. The third kappa shape index (κ3) is 3.36. The minimum Gasteiger partial charge on any atom is -0.365 e. The van der Waals surface area contributed by atoms with E-state index in [-0.39, 0.29) is 23.2 Å². The number of ketones is 2. The number of thioether (sulfide) groups is 1. The molecule has 2 aliphatic rings. The fraction of sp³-hybridized carbons (Fsp3) is 0.227. The first kappa shape index (κ1) is 18.5. The molecule has 4 rings (SSSR count). The van der Waals surface area contributed by atoms with Crippen molar-refractivity contribution in [3.8, 4) is 0 Å². The molecule has 1 amide bonds. The zero-order chi connectivity index (χ0) is 19.7. The van der Waals surface area contributed by atoms with Gasteiger partial charge >= 0.3 is 0 Å². The number of nitrogens with one attached hydrogen (secondary N) is 1. The molecule has 0 saturated carbocycles. The van der Waals surface area contributed by atoms with Gasteiger partial charge in [-0.15, -0.1) is 0 Å². The second kappa shape index (κ2) is 7.64. The Morgan fingerprint density at radius 2 is 1.54 bits per heavy atom. The summed E-state index contributed by atoms with van der Waals surface area (Å²) in [5.74, 6) is 0.849. The SMILES string of the molecule is Cc1ccc(C(=O)NC2=C(N3CCSCC3)C(=O)c3ccccc3C2=O)cc1. The first-order valence-electron chi connectivity index (χ1n) is 9.19. The lowest BCUT2D eigenvalue weighted by atomic mass is 9.89. The summed E-state index contributed by atoms with van der Waals surface area (Å²) in [6.07, 6.45) is 0. The summed E-state index contributed by atoms with van der Waals surface area (Å²) in [5.41, 5.74) is 2.62. The molecule has 0 spiro atoms. The maximum absolute atomic E-state index is 13.2. The second-order valence-electron chi connectivity index (χ2n) is 6.85. The van der Waals surface area contributed by atoms with Crippen molar-refractivity contribution >= 4 is 29.2 Å². The Balaban J connectivity index is 1.76. The molecule has 1 fully saturated rings. The van der Waals surface area contributed by atoms with Crippen molar-refractivity contribution in [2.24, 2.45) is 0 Å². The number of hydrogen-bond donors (Lipinski definition) is 1. The molecule has 2 aromatic carbocycles. The van der Waals surface area contributed by atoms with Crippen LogP contribution in [0.15, 0.2) is 59.9 Å². The molecule has 2 aromatic rings. The number of allylic oxidation sites excluding steroid dienone is 2. The molecule has 0 unspecified atom stereocenters. The van der Waals surface area contributed by atoms with Gasteiger partial charge in [-0.05, 0) is 19.1 Å². The molecule has 28 heavy (non-hydrogen) atoms. The molecular weight excluding hydrogens is 372 g/mol. The first-order chi connectivity index (χ1) is 13.6. The van der Waals surface area contributed by atoms with Gasteiger partial charge in [-0.25, -0.2) is 0 Å². The van der Waals surface area contributed by atoms with E-state index in [0.717, 1.165) is 17.1 Å². The maximum Gasteiger partial charge on any atom is 0.255 e. The van der Waals surface area contributed by atoms with E-state index < -0.39 is 0 Å². The van der Waals surface area contributed by atoms with Crippen LogP contribution in [-0.2, 0) is 0 Å². The number of carbonyl (C=O) groups is 3. The van der Waals surface area contributed by atoms with Crippen LogP contribution in [0.25, 0.3) is 0 Å². The quantitative estimate of drug-likeness (QED) is 0.870. The smallest absolute Gasteiger partial charge is 0.255 e. The van der Waals surface area contributed by atoms with Crippen LogP contribution >= 0.6 is 11.8 Å². The molecule has 1 heterocycles. The monoisotopic (exact) mass is 392 g/mol. The molecular formula is C22H20N2O3S. The van der Waals surface area contributed by atoms with Gasteiger partial charge in [-0.1, -0.05) is 42.0 Å². The molecule has 1 N–H and O–H groups in total. The van der Waals surface area contributed by atoms with E-state index in [4.69, 9.17) is 0 Å². The average Bonchev–Trinajstić information content (AvgIpc) is 2.73. The maximum atomic E-state index is 13.2. The highest BCUT2D eigenvalue weighted by Crippen LogP contribution is 2.29. The van der Waals surface area contributed by atoms with Crippen LogP contribution < -0.4 is 5.32 Å². The predicted molar refractivity (Wildman–Crippen MR) is 110 cm³/mol. The number of Topliss-reactive ketones (excluding diaryl/α,β-unsaturated/α-hetero) is 2. The summed E-state index contributed by atoms with van der Waals surface area (Å²) < 4.78 is 0. The summed E-state index contributed by atoms with van der Waals surface area (Å²) in [6.45, 7) is 3.28. The fourth-order valence-electron chi connectivity index (χ4n) is 3.46. The minimum atomic E-state index is -0.389. The van der Waals surface area contributed by atoms with Gasteiger partial charge in [0.2, 0.25) is 11.6 Å². The molecule has 1 saturated heterocycles. The highest BCUT2D eigenvalue weighted by Gasteiger charge is 2.36. The summed E-state index contributed by atoms with van der Waals surface area (Å²) in [5, 5.41) is 2.74. The topological polar surface area (TPSA) is 66.5 Å². The van der Waals surface area contributed by atoms with Crippen molar-refractivity contribution in [2.75, 3.05) is 24.6 Å². The van der Waals surface area contributed by atoms with Crippen LogP contribution in [0.1, 0.15) is 36.6 Å². The lowest BCUT2D eigenvalue weighted by Crippen LogP contribution is -2.43. The lowest BCUT2D eigenvalue weighted by Gasteiger charge is -2.33. The zero-order valence-corrected chi connectivity index (χ0v) is 16.3. The summed E-state index contributed by atoms with van der Waals surface area (Å²) >= 11 is 1.82. The molecule has 5 nitrogen and oxygen atoms in total. The fourth-order valence-corrected chi connectivity index (χ4v) is 4.36. The molecule has 0 atom stereocenters. The van der Waals surface area contributed by atoms with Crippen LogP contribution in [0.3, 0.4) is 0 Å². The minimum absolute atomic E-state index is 0.0844. The van der Waals surface area contributed by atoms with Crippen molar-refractivity contribution in [3.63, 3.8) is 0 Å². The van der Waals surface area contributed by atoms with E-state index in [9.17, 15) is 14.4 Å². The largest absolute Gasteiger partial charge is 0.365 e. The summed E-state index contributed by atoms with van der Waals surface area (Å²) in [4.78, 5) is 41.1. The summed E-state index contributed by atoms with van der Waals surface area (Å²) in [7, 11) is 0. The Labute approximate surface area is 167 Å². The highest BCUT2D eigenvalue weighted by atomic mass is 32.2. The van der Waals surface area contributed by atoms with Gasteiger partial charge < -0.3 is 10.2 Å². The van der Waals surface area contributed by atoms with Gasteiger partial charge in [0.25, 0.3) is 5.91 Å². The molecule has 1 aliphatic heterocycles. The highest BCUT2D eigenvalue weighted by molar-refractivity contribution is 7.99. The van der Waals surface area contributed by atoms with Gasteiger partial charge in [-0.3, -0.25) is 14.4 Å².